The fourth-order valence-electron chi connectivity index (χ4n) is 3.74. The molecule has 0 saturated heterocycles. The monoisotopic (exact) mass is 450 g/mol. The van der Waals surface area contributed by atoms with E-state index in [4.69, 9.17) is 5.73 Å². The second-order valence-corrected chi connectivity index (χ2v) is 8.58. The molecule has 0 fully saturated rings. The van der Waals surface area contributed by atoms with Gasteiger partial charge in [-0.25, -0.2) is 9.97 Å². The Morgan fingerprint density at radius 1 is 0.970 bits per heavy atom. The predicted molar refractivity (Wildman–Crippen MR) is 140 cm³/mol. The lowest BCUT2D eigenvalue weighted by Crippen LogP contribution is -2.03. The molecular formula is C26H22N6S. The summed E-state index contributed by atoms with van der Waals surface area (Å²) in [4.78, 5) is 13.0. The van der Waals surface area contributed by atoms with E-state index in [2.05, 4.69) is 50.9 Å². The Bertz CT molecular complexity index is 1530. The Balaban J connectivity index is 1.40. The molecule has 0 unspecified atom stereocenters. The molecule has 6 nitrogen and oxygen atoms in total. The standard InChI is InChI=1S/C26H22N6S/c1-15-8-9-19(31-17(3)23-20-7-5-4-6-18(20)10-11-28-23)12-22(15)32-16(2)21-13-33-25-24(21)29-14-30-26(25)27/h4-14,31-32H,2-3H2,1H3,(H2,27,29,30). The molecule has 0 aliphatic heterocycles. The largest absolute Gasteiger partial charge is 0.382 e. The molecule has 0 bridgehead atoms. The van der Waals surface area contributed by atoms with Gasteiger partial charge in [-0.3, -0.25) is 4.98 Å². The van der Waals surface area contributed by atoms with Gasteiger partial charge < -0.3 is 16.4 Å². The number of aryl methyl sites for hydroxylation is 1. The highest BCUT2D eigenvalue weighted by Crippen LogP contribution is 2.33. The summed E-state index contributed by atoms with van der Waals surface area (Å²) in [5.41, 5.74) is 12.9. The smallest absolute Gasteiger partial charge is 0.144 e. The molecule has 4 N–H and O–H groups in total. The average Bonchev–Trinajstić information content (AvgIpc) is 3.26. The number of fused-ring (bicyclic) bond motifs is 2. The second kappa shape index (κ2) is 8.37. The molecule has 3 heterocycles. The summed E-state index contributed by atoms with van der Waals surface area (Å²) < 4.78 is 0.862. The van der Waals surface area contributed by atoms with Crippen LogP contribution in [0, 0.1) is 6.92 Å². The first-order valence-electron chi connectivity index (χ1n) is 10.4. The molecule has 0 saturated carbocycles. The van der Waals surface area contributed by atoms with Crippen LogP contribution in [-0.2, 0) is 0 Å². The minimum Gasteiger partial charge on any atom is -0.382 e. The number of aromatic nitrogens is 3. The van der Waals surface area contributed by atoms with Crippen molar-refractivity contribution in [2.45, 2.75) is 6.92 Å². The van der Waals surface area contributed by atoms with E-state index in [1.807, 2.05) is 48.7 Å². The van der Waals surface area contributed by atoms with Crippen LogP contribution in [0.5, 0.6) is 0 Å². The van der Waals surface area contributed by atoms with Crippen molar-refractivity contribution < 1.29 is 0 Å². The molecule has 0 aliphatic rings. The maximum absolute atomic E-state index is 5.98. The number of anilines is 3. The third-order valence-electron chi connectivity index (χ3n) is 5.48. The van der Waals surface area contributed by atoms with Crippen molar-refractivity contribution in [3.8, 4) is 0 Å². The highest BCUT2D eigenvalue weighted by atomic mass is 32.1. The van der Waals surface area contributed by atoms with Gasteiger partial charge in [-0.2, -0.15) is 0 Å². The van der Waals surface area contributed by atoms with E-state index in [0.717, 1.165) is 60.6 Å². The van der Waals surface area contributed by atoms with Crippen molar-refractivity contribution in [1.82, 2.24) is 15.0 Å². The van der Waals surface area contributed by atoms with Crippen molar-refractivity contribution in [1.29, 1.82) is 0 Å². The Morgan fingerprint density at radius 2 is 1.82 bits per heavy atom. The van der Waals surface area contributed by atoms with Crippen LogP contribution in [0.1, 0.15) is 16.8 Å². The molecule has 0 amide bonds. The second-order valence-electron chi connectivity index (χ2n) is 7.70. The van der Waals surface area contributed by atoms with Gasteiger partial charge in [0.2, 0.25) is 0 Å². The molecule has 162 valence electrons. The Morgan fingerprint density at radius 3 is 2.70 bits per heavy atom. The lowest BCUT2D eigenvalue weighted by molar-refractivity contribution is 1.23. The molecule has 7 heteroatoms. The number of benzene rings is 2. The minimum absolute atomic E-state index is 0.479. The number of hydrogen-bond donors (Lipinski definition) is 3. The summed E-state index contributed by atoms with van der Waals surface area (Å²) in [6, 6.07) is 16.3. The summed E-state index contributed by atoms with van der Waals surface area (Å²) in [6.07, 6.45) is 3.28. The van der Waals surface area contributed by atoms with Gasteiger partial charge >= 0.3 is 0 Å². The van der Waals surface area contributed by atoms with Crippen molar-refractivity contribution in [2.75, 3.05) is 16.4 Å². The quantitative estimate of drug-likeness (QED) is 0.281. The molecule has 5 aromatic rings. The number of nitrogens with one attached hydrogen (secondary N) is 2. The van der Waals surface area contributed by atoms with Crippen LogP contribution in [0.25, 0.3) is 32.4 Å². The topological polar surface area (TPSA) is 88.8 Å². The minimum atomic E-state index is 0.479. The van der Waals surface area contributed by atoms with Crippen LogP contribution >= 0.6 is 11.3 Å². The zero-order valence-electron chi connectivity index (χ0n) is 18.1. The SMILES string of the molecule is C=C(Nc1ccc(C)c(NC(=C)c2csc3c(N)ncnc23)c1)c1nccc2ccccc12. The molecule has 5 rings (SSSR count). The van der Waals surface area contributed by atoms with Crippen molar-refractivity contribution in [3.63, 3.8) is 0 Å². The van der Waals surface area contributed by atoms with Crippen LogP contribution in [0.3, 0.4) is 0 Å². The molecule has 33 heavy (non-hydrogen) atoms. The van der Waals surface area contributed by atoms with Crippen LogP contribution in [-0.4, -0.2) is 15.0 Å². The molecule has 0 aliphatic carbocycles. The highest BCUT2D eigenvalue weighted by Gasteiger charge is 2.13. The third-order valence-corrected chi connectivity index (χ3v) is 6.48. The Kier molecular flexibility index (Phi) is 5.24. The predicted octanol–water partition coefficient (Wildman–Crippen LogP) is 6.30. The normalized spacial score (nSPS) is 10.9. The fraction of sp³-hybridized carbons (Fsp3) is 0.0385. The highest BCUT2D eigenvalue weighted by molar-refractivity contribution is 7.18. The van der Waals surface area contributed by atoms with Gasteiger partial charge in [-0.05, 0) is 36.1 Å². The molecule has 0 atom stereocenters. The Labute approximate surface area is 195 Å². The van der Waals surface area contributed by atoms with Gasteiger partial charge in [0.1, 0.15) is 12.1 Å². The van der Waals surface area contributed by atoms with Gasteiger partial charge in [-0.1, -0.05) is 43.5 Å². The number of hydrogen-bond acceptors (Lipinski definition) is 7. The lowest BCUT2D eigenvalue weighted by atomic mass is 10.1. The van der Waals surface area contributed by atoms with Crippen molar-refractivity contribution >= 4 is 60.9 Å². The van der Waals surface area contributed by atoms with E-state index < -0.39 is 0 Å². The number of thiophene rings is 1. The van der Waals surface area contributed by atoms with Gasteiger partial charge in [-0.15, -0.1) is 11.3 Å². The van der Waals surface area contributed by atoms with Gasteiger partial charge in [0.25, 0.3) is 0 Å². The van der Waals surface area contributed by atoms with Gasteiger partial charge in [0.15, 0.2) is 0 Å². The zero-order chi connectivity index (χ0) is 22.9. The maximum Gasteiger partial charge on any atom is 0.144 e. The molecule has 0 radical (unpaired) electrons. The molecular weight excluding hydrogens is 428 g/mol. The average molecular weight is 451 g/mol. The number of rotatable bonds is 6. The van der Waals surface area contributed by atoms with Crippen LogP contribution in [0.15, 0.2) is 79.6 Å². The van der Waals surface area contributed by atoms with E-state index in [0.29, 0.717) is 5.82 Å². The summed E-state index contributed by atoms with van der Waals surface area (Å²) >= 11 is 1.51. The summed E-state index contributed by atoms with van der Waals surface area (Å²) in [7, 11) is 0. The van der Waals surface area contributed by atoms with E-state index in [-0.39, 0.29) is 0 Å². The first kappa shape index (κ1) is 20.7. The van der Waals surface area contributed by atoms with Crippen molar-refractivity contribution in [3.05, 3.63) is 96.4 Å². The van der Waals surface area contributed by atoms with Crippen LogP contribution < -0.4 is 16.4 Å². The first-order chi connectivity index (χ1) is 16.0. The van der Waals surface area contributed by atoms with E-state index >= 15 is 0 Å². The zero-order valence-corrected chi connectivity index (χ0v) is 18.9. The number of pyridine rings is 1. The van der Waals surface area contributed by atoms with Gasteiger partial charge in [0.05, 0.1) is 21.6 Å². The lowest BCUT2D eigenvalue weighted by Gasteiger charge is -2.16. The van der Waals surface area contributed by atoms with Crippen molar-refractivity contribution in [2.24, 2.45) is 0 Å². The molecule has 0 spiro atoms. The van der Waals surface area contributed by atoms with Gasteiger partial charge in [0, 0.05) is 39.6 Å². The fourth-order valence-corrected chi connectivity index (χ4v) is 4.68. The van der Waals surface area contributed by atoms with Crippen LogP contribution in [0.2, 0.25) is 0 Å². The number of nitrogens with zero attached hydrogens (tertiary/aromatic N) is 3. The maximum atomic E-state index is 5.98. The third kappa shape index (κ3) is 3.90. The molecule has 3 aromatic heterocycles. The Hall–Kier alpha value is -4.23. The van der Waals surface area contributed by atoms with E-state index in [9.17, 15) is 0 Å². The van der Waals surface area contributed by atoms with E-state index in [1.165, 1.54) is 17.7 Å². The molecule has 2 aromatic carbocycles. The summed E-state index contributed by atoms with van der Waals surface area (Å²) in [5, 5.41) is 11.0. The van der Waals surface area contributed by atoms with E-state index in [1.54, 1.807) is 6.20 Å². The number of nitrogens with two attached hydrogens (primary N) is 1. The summed E-state index contributed by atoms with van der Waals surface area (Å²) in [5.74, 6) is 0.479. The number of nitrogen functional groups attached to an aromatic ring is 1. The van der Waals surface area contributed by atoms with Crippen LogP contribution in [0.4, 0.5) is 17.2 Å². The summed E-state index contributed by atoms with van der Waals surface area (Å²) in [6.45, 7) is 10.5. The first-order valence-corrected chi connectivity index (χ1v) is 11.2.